The highest BCUT2D eigenvalue weighted by molar-refractivity contribution is 14.1. The predicted octanol–water partition coefficient (Wildman–Crippen LogP) is 5.67. The van der Waals surface area contributed by atoms with Crippen molar-refractivity contribution >= 4 is 62.4 Å². The molecule has 38 heavy (non-hydrogen) atoms. The van der Waals surface area contributed by atoms with E-state index >= 15 is 0 Å². The topological polar surface area (TPSA) is 96.6 Å². The number of allylic oxidation sites excluding steroid dienone is 1. The Morgan fingerprint density at radius 1 is 1.18 bits per heavy atom. The number of benzene rings is 2. The number of rotatable bonds is 9. The molecule has 0 atom stereocenters. The number of hydrogen-bond donors (Lipinski definition) is 1. The molecule has 0 radical (unpaired) electrons. The van der Waals surface area contributed by atoms with Crippen LogP contribution < -0.4 is 14.2 Å². The number of nitrogens with zero attached hydrogens (tertiary/aromatic N) is 3. The number of carbonyl (C=O) groups excluding carboxylic acids is 1. The summed E-state index contributed by atoms with van der Waals surface area (Å²) in [5.41, 5.74) is 1.27. The molecule has 0 saturated heterocycles. The van der Waals surface area contributed by atoms with Gasteiger partial charge in [-0.05, 0) is 76.2 Å². The van der Waals surface area contributed by atoms with Crippen LogP contribution in [0.25, 0.3) is 6.08 Å². The van der Waals surface area contributed by atoms with Gasteiger partial charge in [-0.2, -0.15) is 28.3 Å². The number of ether oxygens (including phenoxy) is 3. The molecule has 0 saturated carbocycles. The van der Waals surface area contributed by atoms with Crippen molar-refractivity contribution in [2.24, 2.45) is 10.1 Å². The number of amidine groups is 2. The molecule has 2 aliphatic heterocycles. The minimum atomic E-state index is -4.71. The van der Waals surface area contributed by atoms with Gasteiger partial charge in [0, 0.05) is 0 Å². The molecule has 2 aliphatic rings. The molecule has 0 aliphatic carbocycles. The fourth-order valence-corrected chi connectivity index (χ4v) is 5.04. The lowest BCUT2D eigenvalue weighted by Gasteiger charge is -2.20. The van der Waals surface area contributed by atoms with E-state index in [0.717, 1.165) is 11.3 Å². The van der Waals surface area contributed by atoms with Crippen LogP contribution in [0, 0.1) is 8.98 Å². The molecule has 1 amide bonds. The van der Waals surface area contributed by atoms with Crippen molar-refractivity contribution in [1.82, 2.24) is 5.01 Å². The van der Waals surface area contributed by atoms with Crippen molar-refractivity contribution in [3.05, 3.63) is 69.3 Å². The van der Waals surface area contributed by atoms with Gasteiger partial charge < -0.3 is 14.2 Å². The van der Waals surface area contributed by atoms with Crippen molar-refractivity contribution in [3.63, 3.8) is 0 Å². The number of halogens is 4. The monoisotopic (exact) mass is 656 g/mol. The molecule has 0 bridgehead atoms. The Bertz CT molecular complexity index is 1390. The summed E-state index contributed by atoms with van der Waals surface area (Å²) in [6, 6.07) is 10.9. The normalized spacial score (nSPS) is 16.2. The number of aliphatic imine (C=N–C) groups is 1. The van der Waals surface area contributed by atoms with E-state index in [1.165, 1.54) is 13.2 Å². The van der Waals surface area contributed by atoms with E-state index < -0.39 is 23.0 Å². The predicted molar refractivity (Wildman–Crippen MR) is 148 cm³/mol. The largest absolute Gasteiger partial charge is 0.493 e. The minimum absolute atomic E-state index is 0.199. The Morgan fingerprint density at radius 2 is 1.92 bits per heavy atom. The molecule has 198 valence electrons. The molecule has 8 nitrogen and oxygen atoms in total. The first-order chi connectivity index (χ1) is 18.1. The lowest BCUT2D eigenvalue weighted by atomic mass is 10.1. The average molecular weight is 656 g/mol. The van der Waals surface area contributed by atoms with Crippen LogP contribution in [-0.2, 0) is 11.2 Å². The van der Waals surface area contributed by atoms with Crippen molar-refractivity contribution in [1.29, 1.82) is 5.41 Å². The highest BCUT2D eigenvalue weighted by atomic mass is 127. The van der Waals surface area contributed by atoms with Crippen molar-refractivity contribution in [2.45, 2.75) is 12.6 Å². The number of para-hydroxylation sites is 1. The minimum Gasteiger partial charge on any atom is -0.493 e. The second kappa shape index (κ2) is 11.6. The Labute approximate surface area is 233 Å². The molecular weight excluding hydrogens is 636 g/mol. The maximum absolute atomic E-state index is 13.0. The number of alkyl halides is 3. The first-order valence-corrected chi connectivity index (χ1v) is 12.9. The van der Waals surface area contributed by atoms with Crippen LogP contribution >= 0.6 is 34.4 Å². The van der Waals surface area contributed by atoms with Gasteiger partial charge in [0.1, 0.15) is 19.0 Å². The molecule has 2 aromatic carbocycles. The summed E-state index contributed by atoms with van der Waals surface area (Å²) in [5.74, 6) is 0.224. The van der Waals surface area contributed by atoms with Gasteiger partial charge >= 0.3 is 6.18 Å². The Balaban J connectivity index is 1.49. The molecule has 1 N–H and O–H groups in total. The van der Waals surface area contributed by atoms with E-state index in [2.05, 4.69) is 16.7 Å². The Morgan fingerprint density at radius 3 is 2.63 bits per heavy atom. The number of hydrazone groups is 1. The summed E-state index contributed by atoms with van der Waals surface area (Å²) in [4.78, 5) is 16.2. The molecule has 4 rings (SSSR count). The second-order valence-corrected chi connectivity index (χ2v) is 9.87. The first kappa shape index (κ1) is 27.7. The van der Waals surface area contributed by atoms with E-state index in [1.54, 1.807) is 18.2 Å². The third-order valence-electron chi connectivity index (χ3n) is 5.18. The number of carbonyl (C=O) groups is 1. The van der Waals surface area contributed by atoms with Gasteiger partial charge in [0.25, 0.3) is 5.91 Å². The lowest BCUT2D eigenvalue weighted by Crippen LogP contribution is -2.35. The number of thioether (sulfide) groups is 1. The maximum Gasteiger partial charge on any atom is 0.441 e. The maximum atomic E-state index is 13.0. The molecule has 0 aromatic heterocycles. The summed E-state index contributed by atoms with van der Waals surface area (Å²) >= 11 is 2.24. The average Bonchev–Trinajstić information content (AvgIpc) is 3.31. The third kappa shape index (κ3) is 6.04. The number of nitrogens with one attached hydrogen (secondary N) is 1. The molecule has 0 spiro atoms. The summed E-state index contributed by atoms with van der Waals surface area (Å²) in [7, 11) is 1.45. The molecule has 0 unspecified atom stereocenters. The van der Waals surface area contributed by atoms with Crippen LogP contribution in [0.1, 0.15) is 11.1 Å². The van der Waals surface area contributed by atoms with Gasteiger partial charge in [0.15, 0.2) is 17.3 Å². The highest BCUT2D eigenvalue weighted by Crippen LogP contribution is 2.37. The van der Waals surface area contributed by atoms with E-state index in [1.807, 2.05) is 46.9 Å². The van der Waals surface area contributed by atoms with Gasteiger partial charge in [0.2, 0.25) is 10.2 Å². The van der Waals surface area contributed by atoms with Crippen molar-refractivity contribution in [3.8, 4) is 17.2 Å². The van der Waals surface area contributed by atoms with E-state index in [0.29, 0.717) is 32.1 Å². The Kier molecular flexibility index (Phi) is 8.45. The second-order valence-electron chi connectivity index (χ2n) is 7.75. The third-order valence-corrected chi connectivity index (χ3v) is 6.94. The Hall–Kier alpha value is -3.33. The highest BCUT2D eigenvalue weighted by Gasteiger charge is 2.46. The van der Waals surface area contributed by atoms with Crippen LogP contribution in [0.5, 0.6) is 17.2 Å². The molecule has 13 heteroatoms. The lowest BCUT2D eigenvalue weighted by molar-refractivity contribution is -0.114. The summed E-state index contributed by atoms with van der Waals surface area (Å²) in [6.07, 6.45) is -0.881. The molecule has 2 aromatic rings. The van der Waals surface area contributed by atoms with Crippen LogP contribution in [0.4, 0.5) is 13.2 Å². The van der Waals surface area contributed by atoms with Crippen LogP contribution in [-0.4, -0.2) is 53.5 Å². The standard InChI is InChI=1S/C25H20F3IN4O4S/c1-3-6-15-7-4-5-8-18(15)36-9-10-37-20-17(29)12-14(13-19(20)35-2)11-16-21(30)33-24(31-22(16)34)38-23(32-33)25(26,27)28/h3-5,7-8,11-13,30H,1,6,9-10H2,2H3. The number of fused-ring (bicyclic) bond motifs is 1. The van der Waals surface area contributed by atoms with Crippen molar-refractivity contribution in [2.75, 3.05) is 20.3 Å². The van der Waals surface area contributed by atoms with E-state index in [-0.39, 0.29) is 35.7 Å². The quantitative estimate of drug-likeness (QED) is 0.162. The SMILES string of the molecule is C=CCc1ccccc1OCCOc1c(I)cc(C=C2C(=N)N3N=C(C(F)(F)F)SC3=NC2=O)cc1OC. The summed E-state index contributed by atoms with van der Waals surface area (Å²) in [6.45, 7) is 4.26. The zero-order valence-corrected chi connectivity index (χ0v) is 22.8. The molecule has 0 fully saturated rings. The van der Waals surface area contributed by atoms with Gasteiger partial charge in [-0.25, -0.2) is 0 Å². The fraction of sp³-hybridized carbons (Fsp3) is 0.200. The van der Waals surface area contributed by atoms with E-state index in [4.69, 9.17) is 19.6 Å². The van der Waals surface area contributed by atoms with Crippen molar-refractivity contribution < 1.29 is 32.2 Å². The first-order valence-electron chi connectivity index (χ1n) is 11.0. The summed E-state index contributed by atoms with van der Waals surface area (Å²) < 4.78 is 57.0. The zero-order valence-electron chi connectivity index (χ0n) is 19.8. The van der Waals surface area contributed by atoms with Gasteiger partial charge in [0.05, 0.1) is 16.3 Å². The molecule has 2 heterocycles. The van der Waals surface area contributed by atoms with Crippen LogP contribution in [0.3, 0.4) is 0 Å². The smallest absolute Gasteiger partial charge is 0.441 e. The van der Waals surface area contributed by atoms with Gasteiger partial charge in [-0.15, -0.1) is 6.58 Å². The van der Waals surface area contributed by atoms with Gasteiger partial charge in [-0.1, -0.05) is 24.3 Å². The number of amides is 1. The van der Waals surface area contributed by atoms with Crippen LogP contribution in [0.15, 0.2) is 64.7 Å². The zero-order chi connectivity index (χ0) is 27.4. The van der Waals surface area contributed by atoms with Gasteiger partial charge in [-0.3, -0.25) is 10.2 Å². The number of methoxy groups -OCH3 is 1. The van der Waals surface area contributed by atoms with E-state index in [9.17, 15) is 18.0 Å². The fourth-order valence-electron chi connectivity index (χ4n) is 3.50. The van der Waals surface area contributed by atoms with Crippen LogP contribution in [0.2, 0.25) is 0 Å². The summed E-state index contributed by atoms with van der Waals surface area (Å²) in [5, 5.41) is 10.9. The molecular formula is C25H20F3IN4O4S. The number of hydrogen-bond acceptors (Lipinski definition) is 7.